The van der Waals surface area contributed by atoms with Crippen molar-refractivity contribution in [2.45, 2.75) is 11.1 Å². The van der Waals surface area contributed by atoms with E-state index >= 15 is 0 Å². The number of fused-ring (bicyclic) bond motifs is 1. The second-order valence-corrected chi connectivity index (χ2v) is 9.67. The van der Waals surface area contributed by atoms with Crippen molar-refractivity contribution in [3.63, 3.8) is 0 Å². The first-order chi connectivity index (χ1) is 18.5. The number of rotatable bonds is 6. The molecule has 0 aliphatic carbocycles. The predicted molar refractivity (Wildman–Crippen MR) is 131 cm³/mol. The van der Waals surface area contributed by atoms with Crippen LogP contribution in [0.2, 0.25) is 0 Å². The number of aromatic nitrogens is 5. The van der Waals surface area contributed by atoms with Crippen molar-refractivity contribution >= 4 is 33.2 Å². The molecule has 2 N–H and O–H groups in total. The van der Waals surface area contributed by atoms with E-state index in [0.717, 1.165) is 24.3 Å². The molecule has 0 spiro atoms. The second-order valence-electron chi connectivity index (χ2n) is 7.99. The Morgan fingerprint density at radius 1 is 0.923 bits per heavy atom. The van der Waals surface area contributed by atoms with Crippen LogP contribution in [0.4, 0.5) is 29.2 Å². The lowest BCUT2D eigenvalue weighted by atomic mass is 10.1. The SMILES string of the molecule is O=C(Nc1ccc(S(=O)(=O)Nc2ncccn2)cc1)c1cc2nc(-c3ccc(F)cc3)cc(C(F)(F)F)n2n1. The molecule has 5 aromatic rings. The Morgan fingerprint density at radius 3 is 2.23 bits per heavy atom. The van der Waals surface area contributed by atoms with E-state index in [1.807, 2.05) is 0 Å². The highest BCUT2D eigenvalue weighted by atomic mass is 32.2. The molecule has 0 fully saturated rings. The lowest BCUT2D eigenvalue weighted by Crippen LogP contribution is -2.16. The van der Waals surface area contributed by atoms with Crippen LogP contribution in [-0.4, -0.2) is 38.9 Å². The zero-order valence-corrected chi connectivity index (χ0v) is 20.2. The number of hydrogen-bond acceptors (Lipinski definition) is 7. The Morgan fingerprint density at radius 2 is 1.59 bits per heavy atom. The molecule has 0 atom stereocenters. The average Bonchev–Trinajstić information content (AvgIpc) is 3.33. The lowest BCUT2D eigenvalue weighted by molar-refractivity contribution is -0.142. The Labute approximate surface area is 217 Å². The van der Waals surface area contributed by atoms with Crippen LogP contribution < -0.4 is 10.0 Å². The van der Waals surface area contributed by atoms with Gasteiger partial charge in [-0.3, -0.25) is 4.79 Å². The summed E-state index contributed by atoms with van der Waals surface area (Å²) in [5.41, 5.74) is -1.51. The number of anilines is 2. The summed E-state index contributed by atoms with van der Waals surface area (Å²) < 4.78 is 82.4. The Hall–Kier alpha value is -4.92. The third kappa shape index (κ3) is 5.52. The maximum absolute atomic E-state index is 13.8. The summed E-state index contributed by atoms with van der Waals surface area (Å²) in [6.07, 6.45) is -2.12. The van der Waals surface area contributed by atoms with Crippen molar-refractivity contribution in [1.82, 2.24) is 24.6 Å². The molecule has 5 rings (SSSR count). The van der Waals surface area contributed by atoms with Gasteiger partial charge in [-0.2, -0.15) is 18.3 Å². The zero-order chi connectivity index (χ0) is 27.8. The molecule has 0 unspecified atom stereocenters. The van der Waals surface area contributed by atoms with Crippen LogP contribution in [0, 0.1) is 5.82 Å². The number of nitrogens with one attached hydrogen (secondary N) is 2. The van der Waals surface area contributed by atoms with Crippen molar-refractivity contribution in [2.24, 2.45) is 0 Å². The smallest absolute Gasteiger partial charge is 0.321 e. The fourth-order valence-corrected chi connectivity index (χ4v) is 4.46. The molecule has 0 aliphatic heterocycles. The van der Waals surface area contributed by atoms with E-state index in [2.05, 4.69) is 30.1 Å². The number of amides is 1. The van der Waals surface area contributed by atoms with Gasteiger partial charge in [-0.05, 0) is 60.7 Å². The largest absolute Gasteiger partial charge is 0.433 e. The number of benzene rings is 2. The molecule has 0 saturated carbocycles. The molecule has 2 aromatic carbocycles. The van der Waals surface area contributed by atoms with Gasteiger partial charge in [-0.25, -0.2) is 37.0 Å². The molecular weight excluding hydrogens is 542 g/mol. The molecule has 10 nitrogen and oxygen atoms in total. The second kappa shape index (κ2) is 9.75. The van der Waals surface area contributed by atoms with Crippen molar-refractivity contribution in [3.05, 3.63) is 96.3 Å². The van der Waals surface area contributed by atoms with Crippen LogP contribution in [0.5, 0.6) is 0 Å². The van der Waals surface area contributed by atoms with Gasteiger partial charge >= 0.3 is 6.18 Å². The number of carbonyl (C=O) groups excluding carboxylic acids is 1. The van der Waals surface area contributed by atoms with Crippen LogP contribution >= 0.6 is 0 Å². The molecule has 0 bridgehead atoms. The molecule has 0 radical (unpaired) electrons. The first-order valence-electron chi connectivity index (χ1n) is 10.9. The quantitative estimate of drug-likeness (QED) is 0.296. The minimum atomic E-state index is -4.84. The van der Waals surface area contributed by atoms with Crippen LogP contribution in [0.25, 0.3) is 16.9 Å². The minimum Gasteiger partial charge on any atom is -0.321 e. The van der Waals surface area contributed by atoms with E-state index < -0.39 is 33.6 Å². The number of alkyl halides is 3. The van der Waals surface area contributed by atoms with Crippen LogP contribution in [0.1, 0.15) is 16.2 Å². The van der Waals surface area contributed by atoms with E-state index in [-0.39, 0.29) is 39.1 Å². The third-order valence-electron chi connectivity index (χ3n) is 5.30. The van der Waals surface area contributed by atoms with E-state index in [4.69, 9.17) is 0 Å². The van der Waals surface area contributed by atoms with Gasteiger partial charge in [0, 0.05) is 29.7 Å². The molecule has 0 aliphatic rings. The van der Waals surface area contributed by atoms with Gasteiger partial charge in [0.2, 0.25) is 5.95 Å². The van der Waals surface area contributed by atoms with E-state index in [9.17, 15) is 30.8 Å². The summed E-state index contributed by atoms with van der Waals surface area (Å²) in [6, 6.07) is 13.1. The number of carbonyl (C=O) groups is 1. The molecule has 0 saturated heterocycles. The van der Waals surface area contributed by atoms with E-state index in [1.54, 1.807) is 0 Å². The van der Waals surface area contributed by atoms with Crippen LogP contribution in [0.3, 0.4) is 0 Å². The Bertz CT molecular complexity index is 1780. The highest BCUT2D eigenvalue weighted by Gasteiger charge is 2.35. The highest BCUT2D eigenvalue weighted by molar-refractivity contribution is 7.92. The first kappa shape index (κ1) is 25.7. The normalized spacial score (nSPS) is 11.9. The summed E-state index contributed by atoms with van der Waals surface area (Å²) >= 11 is 0. The molecule has 3 aromatic heterocycles. The van der Waals surface area contributed by atoms with Gasteiger partial charge in [0.05, 0.1) is 10.6 Å². The van der Waals surface area contributed by atoms with Crippen molar-refractivity contribution in [1.29, 1.82) is 0 Å². The van der Waals surface area contributed by atoms with E-state index in [1.165, 1.54) is 54.9 Å². The third-order valence-corrected chi connectivity index (χ3v) is 6.65. The summed E-state index contributed by atoms with van der Waals surface area (Å²) in [6.45, 7) is 0. The van der Waals surface area contributed by atoms with Gasteiger partial charge in [0.25, 0.3) is 15.9 Å². The summed E-state index contributed by atoms with van der Waals surface area (Å²) in [5, 5.41) is 6.22. The van der Waals surface area contributed by atoms with Crippen LogP contribution in [-0.2, 0) is 16.2 Å². The molecule has 3 heterocycles. The molecule has 39 heavy (non-hydrogen) atoms. The molecule has 1 amide bonds. The van der Waals surface area contributed by atoms with Gasteiger partial charge in [-0.15, -0.1) is 0 Å². The minimum absolute atomic E-state index is 0.0898. The van der Waals surface area contributed by atoms with Gasteiger partial charge in [0.15, 0.2) is 17.0 Å². The standard InChI is InChI=1S/C24H15F4N7O3S/c25-15-4-2-14(3-5-15)18-12-20(24(26,27)28)35-21(32-18)13-19(33-35)22(36)31-16-6-8-17(9-7-16)39(37,38)34-23-29-10-1-11-30-23/h1-13H,(H,31,36)(H,29,30,34). The van der Waals surface area contributed by atoms with E-state index in [0.29, 0.717) is 4.52 Å². The average molecular weight is 557 g/mol. The summed E-state index contributed by atoms with van der Waals surface area (Å²) in [5.74, 6) is -1.55. The topological polar surface area (TPSA) is 131 Å². The van der Waals surface area contributed by atoms with Crippen molar-refractivity contribution in [3.8, 4) is 11.3 Å². The number of nitrogens with zero attached hydrogens (tertiary/aromatic N) is 5. The monoisotopic (exact) mass is 557 g/mol. The maximum atomic E-state index is 13.8. The molecule has 15 heteroatoms. The molecular formula is C24H15F4N7O3S. The van der Waals surface area contributed by atoms with Crippen molar-refractivity contribution < 1.29 is 30.8 Å². The number of sulfonamides is 1. The van der Waals surface area contributed by atoms with Gasteiger partial charge < -0.3 is 5.32 Å². The van der Waals surface area contributed by atoms with Crippen molar-refractivity contribution in [2.75, 3.05) is 10.0 Å². The predicted octanol–water partition coefficient (Wildman–Crippen LogP) is 4.40. The van der Waals surface area contributed by atoms with Gasteiger partial charge in [0.1, 0.15) is 5.82 Å². The Kier molecular flexibility index (Phi) is 6.43. The number of halogens is 4. The fourth-order valence-electron chi connectivity index (χ4n) is 3.50. The zero-order valence-electron chi connectivity index (χ0n) is 19.4. The lowest BCUT2D eigenvalue weighted by Gasteiger charge is -2.11. The first-order valence-corrected chi connectivity index (χ1v) is 12.4. The number of hydrogen-bond donors (Lipinski definition) is 2. The fraction of sp³-hybridized carbons (Fsp3) is 0.0417. The summed E-state index contributed by atoms with van der Waals surface area (Å²) in [4.78, 5) is 24.4. The summed E-state index contributed by atoms with van der Waals surface area (Å²) in [7, 11) is -4.02. The maximum Gasteiger partial charge on any atom is 0.433 e. The van der Waals surface area contributed by atoms with Gasteiger partial charge in [-0.1, -0.05) is 0 Å². The Balaban J connectivity index is 1.40. The van der Waals surface area contributed by atoms with Crippen LogP contribution in [0.15, 0.2) is 84.0 Å². The highest BCUT2D eigenvalue weighted by Crippen LogP contribution is 2.32. The molecule has 198 valence electrons.